The summed E-state index contributed by atoms with van der Waals surface area (Å²) in [4.78, 5) is 15.3. The highest BCUT2D eigenvalue weighted by molar-refractivity contribution is 5.62. The summed E-state index contributed by atoms with van der Waals surface area (Å²) >= 11 is 0. The molecule has 0 amide bonds. The SMILES string of the molecule is O=C1OC2CNOCC2O1. The normalized spacial score (nSPS) is 38.2. The van der Waals surface area contributed by atoms with E-state index in [4.69, 9.17) is 14.3 Å². The standard InChI is InChI=1S/C5H7NO4/c7-5-9-3-1-6-8-2-4(3)10-5/h3-4,6H,1-2H2. The number of carbonyl (C=O) groups excluding carboxylic acids is 1. The Hall–Kier alpha value is -0.810. The zero-order valence-electron chi connectivity index (χ0n) is 5.20. The lowest BCUT2D eigenvalue weighted by Crippen LogP contribution is -2.43. The minimum absolute atomic E-state index is 0.166. The van der Waals surface area contributed by atoms with E-state index in [9.17, 15) is 4.79 Å². The van der Waals surface area contributed by atoms with E-state index < -0.39 is 6.16 Å². The Kier molecular flexibility index (Phi) is 1.25. The minimum atomic E-state index is -0.595. The fraction of sp³-hybridized carbons (Fsp3) is 0.800. The maximum absolute atomic E-state index is 10.5. The van der Waals surface area contributed by atoms with Crippen LogP contribution in [0.3, 0.4) is 0 Å². The Morgan fingerprint density at radius 1 is 1.40 bits per heavy atom. The Morgan fingerprint density at radius 3 is 3.00 bits per heavy atom. The molecule has 2 aliphatic rings. The van der Waals surface area contributed by atoms with E-state index in [1.165, 1.54) is 0 Å². The molecule has 0 aliphatic carbocycles. The molecule has 0 radical (unpaired) electrons. The van der Waals surface area contributed by atoms with Crippen LogP contribution in [0, 0.1) is 0 Å². The first kappa shape index (κ1) is 5.94. The summed E-state index contributed by atoms with van der Waals surface area (Å²) in [6.07, 6.45) is -0.975. The van der Waals surface area contributed by atoms with Gasteiger partial charge >= 0.3 is 6.16 Å². The lowest BCUT2D eigenvalue weighted by molar-refractivity contribution is -0.0696. The summed E-state index contributed by atoms with van der Waals surface area (Å²) in [6, 6.07) is 0. The van der Waals surface area contributed by atoms with Gasteiger partial charge in [-0.05, 0) is 0 Å². The van der Waals surface area contributed by atoms with Crippen LogP contribution in [0.1, 0.15) is 0 Å². The summed E-state index contributed by atoms with van der Waals surface area (Å²) in [7, 11) is 0. The van der Waals surface area contributed by atoms with E-state index >= 15 is 0 Å². The topological polar surface area (TPSA) is 56.8 Å². The quantitative estimate of drug-likeness (QED) is 0.462. The third-order valence-electron chi connectivity index (χ3n) is 1.54. The highest BCUT2D eigenvalue weighted by Crippen LogP contribution is 2.16. The average Bonchev–Trinajstić information content (AvgIpc) is 2.27. The predicted molar refractivity (Wildman–Crippen MR) is 29.1 cm³/mol. The van der Waals surface area contributed by atoms with E-state index in [0.29, 0.717) is 13.2 Å². The number of fused-ring (bicyclic) bond motifs is 1. The molecule has 0 bridgehead atoms. The molecule has 2 unspecified atom stereocenters. The molecule has 1 N–H and O–H groups in total. The van der Waals surface area contributed by atoms with Crippen molar-refractivity contribution in [3.05, 3.63) is 0 Å². The molecular weight excluding hydrogens is 138 g/mol. The van der Waals surface area contributed by atoms with E-state index in [1.54, 1.807) is 0 Å². The molecule has 0 saturated carbocycles. The van der Waals surface area contributed by atoms with Crippen LogP contribution in [-0.2, 0) is 14.3 Å². The second kappa shape index (κ2) is 2.10. The lowest BCUT2D eigenvalue weighted by Gasteiger charge is -2.20. The zero-order chi connectivity index (χ0) is 6.97. The summed E-state index contributed by atoms with van der Waals surface area (Å²) in [5.74, 6) is 0. The van der Waals surface area contributed by atoms with Crippen LogP contribution in [0.4, 0.5) is 4.79 Å². The number of ether oxygens (including phenoxy) is 2. The third kappa shape index (κ3) is 0.833. The molecule has 2 rings (SSSR count). The molecular formula is C5H7NO4. The van der Waals surface area contributed by atoms with E-state index in [0.717, 1.165) is 0 Å². The van der Waals surface area contributed by atoms with Gasteiger partial charge in [0, 0.05) is 0 Å². The number of hydroxylamine groups is 1. The van der Waals surface area contributed by atoms with Crippen molar-refractivity contribution in [2.75, 3.05) is 13.2 Å². The van der Waals surface area contributed by atoms with Crippen LogP contribution in [0.5, 0.6) is 0 Å². The number of nitrogens with one attached hydrogen (secondary N) is 1. The molecule has 5 nitrogen and oxygen atoms in total. The fourth-order valence-electron chi connectivity index (χ4n) is 1.02. The van der Waals surface area contributed by atoms with Gasteiger partial charge in [-0.2, -0.15) is 5.48 Å². The minimum Gasteiger partial charge on any atom is -0.425 e. The molecule has 56 valence electrons. The van der Waals surface area contributed by atoms with Gasteiger partial charge in [0.25, 0.3) is 0 Å². The summed E-state index contributed by atoms with van der Waals surface area (Å²) in [6.45, 7) is 0.882. The smallest absolute Gasteiger partial charge is 0.425 e. The van der Waals surface area contributed by atoms with Gasteiger partial charge in [-0.15, -0.1) is 0 Å². The molecule has 0 spiro atoms. The van der Waals surface area contributed by atoms with Gasteiger partial charge in [0.1, 0.15) is 6.61 Å². The first-order chi connectivity index (χ1) is 4.86. The van der Waals surface area contributed by atoms with Gasteiger partial charge in [0.2, 0.25) is 0 Å². The van der Waals surface area contributed by atoms with E-state index in [1.807, 2.05) is 0 Å². The van der Waals surface area contributed by atoms with Gasteiger partial charge in [-0.25, -0.2) is 4.79 Å². The molecule has 2 heterocycles. The maximum atomic E-state index is 10.5. The van der Waals surface area contributed by atoms with Crippen molar-refractivity contribution in [3.63, 3.8) is 0 Å². The van der Waals surface area contributed by atoms with Crippen molar-refractivity contribution < 1.29 is 19.1 Å². The molecule has 5 heteroatoms. The maximum Gasteiger partial charge on any atom is 0.509 e. The van der Waals surface area contributed by atoms with Crippen LogP contribution < -0.4 is 5.48 Å². The molecule has 0 aromatic carbocycles. The Morgan fingerprint density at radius 2 is 2.20 bits per heavy atom. The second-order valence-corrected chi connectivity index (χ2v) is 2.22. The third-order valence-corrected chi connectivity index (χ3v) is 1.54. The molecule has 2 fully saturated rings. The Balaban J connectivity index is 2.04. The van der Waals surface area contributed by atoms with Crippen LogP contribution >= 0.6 is 0 Å². The van der Waals surface area contributed by atoms with Crippen LogP contribution in [-0.4, -0.2) is 31.5 Å². The molecule has 2 saturated heterocycles. The summed E-state index contributed by atoms with van der Waals surface area (Å²) in [5, 5.41) is 0. The van der Waals surface area contributed by atoms with Crippen molar-refractivity contribution in [1.82, 2.24) is 5.48 Å². The van der Waals surface area contributed by atoms with E-state index in [2.05, 4.69) is 5.48 Å². The highest BCUT2D eigenvalue weighted by atomic mass is 16.8. The number of rotatable bonds is 0. The fourth-order valence-corrected chi connectivity index (χ4v) is 1.02. The zero-order valence-corrected chi connectivity index (χ0v) is 5.20. The average molecular weight is 145 g/mol. The van der Waals surface area contributed by atoms with Gasteiger partial charge in [0.15, 0.2) is 12.2 Å². The monoisotopic (exact) mass is 145 g/mol. The molecule has 2 aliphatic heterocycles. The van der Waals surface area contributed by atoms with Crippen molar-refractivity contribution in [3.8, 4) is 0 Å². The van der Waals surface area contributed by atoms with Crippen molar-refractivity contribution in [1.29, 1.82) is 0 Å². The first-order valence-electron chi connectivity index (χ1n) is 3.08. The van der Waals surface area contributed by atoms with Gasteiger partial charge in [-0.3, -0.25) is 4.84 Å². The van der Waals surface area contributed by atoms with Crippen molar-refractivity contribution >= 4 is 6.16 Å². The predicted octanol–water partition coefficient (Wildman–Crippen LogP) is -0.575. The molecule has 0 aromatic rings. The van der Waals surface area contributed by atoms with Gasteiger partial charge < -0.3 is 9.47 Å². The van der Waals surface area contributed by atoms with Crippen LogP contribution in [0.2, 0.25) is 0 Å². The van der Waals surface area contributed by atoms with Crippen LogP contribution in [0.25, 0.3) is 0 Å². The van der Waals surface area contributed by atoms with Crippen molar-refractivity contribution in [2.45, 2.75) is 12.2 Å². The highest BCUT2D eigenvalue weighted by Gasteiger charge is 2.39. The van der Waals surface area contributed by atoms with Crippen molar-refractivity contribution in [2.24, 2.45) is 0 Å². The van der Waals surface area contributed by atoms with Gasteiger partial charge in [0.05, 0.1) is 6.54 Å². The first-order valence-corrected chi connectivity index (χ1v) is 3.08. The van der Waals surface area contributed by atoms with Crippen LogP contribution in [0.15, 0.2) is 0 Å². The Bertz CT molecular complexity index is 144. The number of hydrogen-bond donors (Lipinski definition) is 1. The molecule has 2 atom stereocenters. The summed E-state index contributed by atoms with van der Waals surface area (Å²) in [5.41, 5.74) is 2.62. The second-order valence-electron chi connectivity index (χ2n) is 2.22. The summed E-state index contributed by atoms with van der Waals surface area (Å²) < 4.78 is 9.50. The Labute approximate surface area is 57.2 Å². The van der Waals surface area contributed by atoms with Gasteiger partial charge in [-0.1, -0.05) is 0 Å². The molecule has 0 aromatic heterocycles. The van der Waals surface area contributed by atoms with E-state index in [-0.39, 0.29) is 12.2 Å². The molecule has 10 heavy (non-hydrogen) atoms. The number of hydrogen-bond acceptors (Lipinski definition) is 5. The largest absolute Gasteiger partial charge is 0.509 e. The number of carbonyl (C=O) groups is 1. The lowest BCUT2D eigenvalue weighted by atomic mass is 10.2.